The number of rotatable bonds is 7. The van der Waals surface area contributed by atoms with Crippen molar-refractivity contribution in [3.8, 4) is 0 Å². The molecule has 0 aromatic heterocycles. The molecule has 0 bridgehead atoms. The van der Waals surface area contributed by atoms with Crippen LogP contribution in [0.2, 0.25) is 0 Å². The zero-order valence-electron chi connectivity index (χ0n) is 12.5. The average molecular weight is 316 g/mol. The molecule has 1 N–H and O–H groups in total. The van der Waals surface area contributed by atoms with Gasteiger partial charge < -0.3 is 5.11 Å². The Bertz CT molecular complexity index is 544. The Kier molecular flexibility index (Phi) is 6.14. The van der Waals surface area contributed by atoms with E-state index < -0.39 is 29.1 Å². The van der Waals surface area contributed by atoms with E-state index in [1.807, 2.05) is 13.8 Å². The third-order valence-electron chi connectivity index (χ3n) is 3.53. The van der Waals surface area contributed by atoms with E-state index in [4.69, 9.17) is 5.11 Å². The lowest BCUT2D eigenvalue weighted by Gasteiger charge is -2.21. The number of aromatic carboxylic acids is 1. The van der Waals surface area contributed by atoms with Crippen LogP contribution in [0.3, 0.4) is 0 Å². The van der Waals surface area contributed by atoms with Gasteiger partial charge in [0, 0.05) is 5.56 Å². The molecule has 6 heteroatoms. The van der Waals surface area contributed by atoms with Gasteiger partial charge in [-0.25, -0.2) is 4.79 Å². The van der Waals surface area contributed by atoms with Crippen molar-refractivity contribution in [1.82, 2.24) is 0 Å². The Morgan fingerprint density at radius 3 is 2.09 bits per heavy atom. The van der Waals surface area contributed by atoms with Crippen molar-refractivity contribution in [2.45, 2.75) is 51.6 Å². The summed E-state index contributed by atoms with van der Waals surface area (Å²) in [4.78, 5) is 23.0. The number of hydrogen-bond donors (Lipinski definition) is 1. The largest absolute Gasteiger partial charge is 0.478 e. The minimum atomic E-state index is -5.09. The molecule has 1 aromatic carbocycles. The van der Waals surface area contributed by atoms with E-state index in [-0.39, 0.29) is 11.5 Å². The first-order valence-electron chi connectivity index (χ1n) is 7.21. The van der Waals surface area contributed by atoms with Crippen LogP contribution in [0.5, 0.6) is 0 Å². The highest BCUT2D eigenvalue weighted by Crippen LogP contribution is 2.34. The zero-order chi connectivity index (χ0) is 16.9. The molecule has 122 valence electrons. The fourth-order valence-corrected chi connectivity index (χ4v) is 2.64. The van der Waals surface area contributed by atoms with Gasteiger partial charge in [0.05, 0.1) is 5.56 Å². The Balaban J connectivity index is 3.53. The summed E-state index contributed by atoms with van der Waals surface area (Å²) in [6, 6.07) is 3.87. The predicted octanol–water partition coefficient (Wildman–Crippen LogP) is 4.81. The predicted molar refractivity (Wildman–Crippen MR) is 76.3 cm³/mol. The molecule has 0 unspecified atom stereocenters. The number of halogens is 3. The first-order chi connectivity index (χ1) is 10.2. The first-order valence-corrected chi connectivity index (χ1v) is 7.21. The highest BCUT2D eigenvalue weighted by Gasteiger charge is 2.42. The lowest BCUT2D eigenvalue weighted by atomic mass is 9.84. The van der Waals surface area contributed by atoms with E-state index in [0.717, 1.165) is 18.9 Å². The molecule has 3 nitrogen and oxygen atoms in total. The highest BCUT2D eigenvalue weighted by atomic mass is 19.4. The molecule has 0 fully saturated rings. The van der Waals surface area contributed by atoms with Crippen molar-refractivity contribution in [3.05, 3.63) is 34.9 Å². The molecule has 1 rings (SSSR count). The maximum absolute atomic E-state index is 12.9. The van der Waals surface area contributed by atoms with Gasteiger partial charge in [-0.15, -0.1) is 0 Å². The van der Waals surface area contributed by atoms with Crippen LogP contribution in [0.25, 0.3) is 0 Å². The van der Waals surface area contributed by atoms with Gasteiger partial charge in [0.1, 0.15) is 0 Å². The molecule has 0 aliphatic heterocycles. The van der Waals surface area contributed by atoms with Crippen LogP contribution >= 0.6 is 0 Å². The number of carboxylic acids is 1. The van der Waals surface area contributed by atoms with Gasteiger partial charge >= 0.3 is 12.1 Å². The van der Waals surface area contributed by atoms with Crippen molar-refractivity contribution in [2.24, 2.45) is 0 Å². The molecule has 0 heterocycles. The van der Waals surface area contributed by atoms with E-state index >= 15 is 0 Å². The van der Waals surface area contributed by atoms with Gasteiger partial charge in [0.2, 0.25) is 0 Å². The smallest absolute Gasteiger partial charge is 0.454 e. The Morgan fingerprint density at radius 2 is 1.68 bits per heavy atom. The van der Waals surface area contributed by atoms with Crippen LogP contribution in [-0.2, 0) is 0 Å². The van der Waals surface area contributed by atoms with Crippen molar-refractivity contribution >= 4 is 11.8 Å². The molecule has 0 saturated carbocycles. The van der Waals surface area contributed by atoms with Crippen LogP contribution in [0, 0.1) is 0 Å². The summed E-state index contributed by atoms with van der Waals surface area (Å²) in [6.45, 7) is 3.80. The van der Waals surface area contributed by atoms with E-state index in [2.05, 4.69) is 0 Å². The molecule has 0 aliphatic rings. The number of Topliss-reactive ketones (excluding diaryl/α,β-unsaturated/α-hetero) is 1. The van der Waals surface area contributed by atoms with Crippen molar-refractivity contribution < 1.29 is 27.9 Å². The van der Waals surface area contributed by atoms with Crippen LogP contribution in [0.1, 0.15) is 71.7 Å². The van der Waals surface area contributed by atoms with Gasteiger partial charge in [0.25, 0.3) is 5.78 Å². The van der Waals surface area contributed by atoms with Crippen LogP contribution in [-0.4, -0.2) is 23.0 Å². The number of carboxylic acid groups (broad SMARTS) is 1. The monoisotopic (exact) mass is 316 g/mol. The fraction of sp³-hybridized carbons (Fsp3) is 0.500. The van der Waals surface area contributed by atoms with E-state index in [1.165, 1.54) is 12.1 Å². The second-order valence-corrected chi connectivity index (χ2v) is 5.18. The minimum absolute atomic E-state index is 0.186. The zero-order valence-corrected chi connectivity index (χ0v) is 12.5. The maximum atomic E-state index is 12.9. The van der Waals surface area contributed by atoms with Crippen LogP contribution < -0.4 is 0 Å². The van der Waals surface area contributed by atoms with Gasteiger partial charge in [-0.3, -0.25) is 4.79 Å². The molecule has 22 heavy (non-hydrogen) atoms. The summed E-state index contributed by atoms with van der Waals surface area (Å²) in [6.07, 6.45) is -2.41. The summed E-state index contributed by atoms with van der Waals surface area (Å²) in [5.41, 5.74) is -1.11. The maximum Gasteiger partial charge on any atom is 0.454 e. The van der Waals surface area contributed by atoms with E-state index in [0.29, 0.717) is 12.8 Å². The van der Waals surface area contributed by atoms with Gasteiger partial charge in [-0.1, -0.05) is 38.8 Å². The summed E-state index contributed by atoms with van der Waals surface area (Å²) in [5, 5.41) is 9.13. The SMILES string of the molecule is CCCC(CCC)c1cccc(C(=O)O)c1C(=O)C(F)(F)F. The topological polar surface area (TPSA) is 54.4 Å². The highest BCUT2D eigenvalue weighted by molar-refractivity contribution is 6.09. The second-order valence-electron chi connectivity index (χ2n) is 5.18. The average Bonchev–Trinajstić information content (AvgIpc) is 2.44. The first kappa shape index (κ1) is 18.2. The molecule has 0 atom stereocenters. The van der Waals surface area contributed by atoms with Gasteiger partial charge in [-0.05, 0) is 30.4 Å². The number of hydrogen-bond acceptors (Lipinski definition) is 2. The second kappa shape index (κ2) is 7.42. The molecular weight excluding hydrogens is 297 g/mol. The lowest BCUT2D eigenvalue weighted by Crippen LogP contribution is -2.27. The molecular formula is C16H19F3O3. The Morgan fingerprint density at radius 1 is 1.14 bits per heavy atom. The standard InChI is InChI=1S/C16H19F3O3/c1-3-6-10(7-4-2)11-8-5-9-12(15(21)22)13(11)14(20)16(17,18)19/h5,8-10H,3-4,6-7H2,1-2H3,(H,21,22). The Hall–Kier alpha value is -1.85. The molecule has 0 amide bonds. The fourth-order valence-electron chi connectivity index (χ4n) is 2.64. The molecule has 0 saturated heterocycles. The third-order valence-corrected chi connectivity index (χ3v) is 3.53. The summed E-state index contributed by atoms with van der Waals surface area (Å²) >= 11 is 0. The summed E-state index contributed by atoms with van der Waals surface area (Å²) in [7, 11) is 0. The lowest BCUT2D eigenvalue weighted by molar-refractivity contribution is -0.0886. The number of alkyl halides is 3. The number of carbonyl (C=O) groups excluding carboxylic acids is 1. The van der Waals surface area contributed by atoms with Gasteiger partial charge in [-0.2, -0.15) is 13.2 Å². The van der Waals surface area contributed by atoms with Gasteiger partial charge in [0.15, 0.2) is 0 Å². The number of benzene rings is 1. The van der Waals surface area contributed by atoms with Crippen molar-refractivity contribution in [2.75, 3.05) is 0 Å². The summed E-state index contributed by atoms with van der Waals surface area (Å²) < 4.78 is 38.6. The normalized spacial score (nSPS) is 11.7. The van der Waals surface area contributed by atoms with Crippen LogP contribution in [0.15, 0.2) is 18.2 Å². The third kappa shape index (κ3) is 4.08. The van der Waals surface area contributed by atoms with Crippen molar-refractivity contribution in [3.63, 3.8) is 0 Å². The van der Waals surface area contributed by atoms with E-state index in [9.17, 15) is 22.8 Å². The van der Waals surface area contributed by atoms with Crippen LogP contribution in [0.4, 0.5) is 13.2 Å². The minimum Gasteiger partial charge on any atom is -0.478 e. The molecule has 0 spiro atoms. The van der Waals surface area contributed by atoms with E-state index in [1.54, 1.807) is 0 Å². The number of carbonyl (C=O) groups is 2. The molecule has 0 radical (unpaired) electrons. The quantitative estimate of drug-likeness (QED) is 0.734. The summed E-state index contributed by atoms with van der Waals surface area (Å²) in [5.74, 6) is -3.87. The Labute approximate surface area is 127 Å². The molecule has 0 aliphatic carbocycles. The molecule has 1 aromatic rings. The number of ketones is 1. The van der Waals surface area contributed by atoms with Crippen molar-refractivity contribution in [1.29, 1.82) is 0 Å².